The van der Waals surface area contributed by atoms with E-state index in [4.69, 9.17) is 4.74 Å². The molecular weight excluding hydrogens is 266 g/mol. The quantitative estimate of drug-likeness (QED) is 0.737. The van der Waals surface area contributed by atoms with E-state index in [9.17, 15) is 16.8 Å². The van der Waals surface area contributed by atoms with Crippen LogP contribution in [-0.2, 0) is 24.6 Å². The summed E-state index contributed by atoms with van der Waals surface area (Å²) in [5.74, 6) is -0.272. The largest absolute Gasteiger partial charge is 0.381 e. The average molecular weight is 285 g/mol. The number of sulfone groups is 1. The van der Waals surface area contributed by atoms with E-state index in [1.165, 1.54) is 7.11 Å². The zero-order valence-electron chi connectivity index (χ0n) is 10.3. The third kappa shape index (κ3) is 4.53. The van der Waals surface area contributed by atoms with E-state index in [0.29, 0.717) is 6.42 Å². The van der Waals surface area contributed by atoms with Gasteiger partial charge in [0.25, 0.3) is 0 Å². The van der Waals surface area contributed by atoms with Gasteiger partial charge in [0.1, 0.15) is 0 Å². The van der Waals surface area contributed by atoms with Crippen LogP contribution in [0.15, 0.2) is 0 Å². The first kappa shape index (κ1) is 14.9. The van der Waals surface area contributed by atoms with Crippen molar-refractivity contribution in [3.8, 4) is 0 Å². The molecule has 0 spiro atoms. The Labute approximate surface area is 103 Å². The monoisotopic (exact) mass is 285 g/mol. The Morgan fingerprint density at radius 1 is 1.47 bits per heavy atom. The summed E-state index contributed by atoms with van der Waals surface area (Å²) < 4.78 is 53.6. The molecule has 1 fully saturated rings. The first-order valence-electron chi connectivity index (χ1n) is 5.32. The lowest BCUT2D eigenvalue weighted by atomic mass is 10.0. The van der Waals surface area contributed by atoms with Gasteiger partial charge in [0.2, 0.25) is 10.0 Å². The normalized spacial score (nSPS) is 30.3. The van der Waals surface area contributed by atoms with E-state index in [1.54, 1.807) is 13.8 Å². The molecule has 1 aliphatic heterocycles. The van der Waals surface area contributed by atoms with E-state index in [0.717, 1.165) is 0 Å². The molecule has 0 radical (unpaired) electrons. The molecule has 0 aromatic heterocycles. The van der Waals surface area contributed by atoms with E-state index >= 15 is 0 Å². The molecule has 0 aromatic rings. The Kier molecular flexibility index (Phi) is 4.23. The second-order valence-electron chi connectivity index (χ2n) is 4.83. The Hall–Kier alpha value is -0.180. The minimum Gasteiger partial charge on any atom is -0.381 e. The maximum absolute atomic E-state index is 11.8. The fourth-order valence-corrected chi connectivity index (χ4v) is 5.83. The van der Waals surface area contributed by atoms with Crippen LogP contribution < -0.4 is 4.72 Å². The van der Waals surface area contributed by atoms with Gasteiger partial charge in [-0.1, -0.05) is 0 Å². The van der Waals surface area contributed by atoms with Gasteiger partial charge in [-0.25, -0.2) is 21.6 Å². The van der Waals surface area contributed by atoms with Gasteiger partial charge in [0.15, 0.2) is 9.84 Å². The smallest absolute Gasteiger partial charge is 0.214 e. The maximum atomic E-state index is 11.8. The van der Waals surface area contributed by atoms with E-state index < -0.39 is 31.5 Å². The molecule has 2 atom stereocenters. The van der Waals surface area contributed by atoms with Crippen molar-refractivity contribution in [2.24, 2.45) is 0 Å². The van der Waals surface area contributed by atoms with Crippen LogP contribution in [0.25, 0.3) is 0 Å². The van der Waals surface area contributed by atoms with Crippen molar-refractivity contribution in [1.82, 2.24) is 4.72 Å². The fraction of sp³-hybridized carbons (Fsp3) is 1.00. The molecule has 2 unspecified atom stereocenters. The standard InChI is InChI=1S/C9H19NO5S2/c1-8(15-3)6-17(13,14)10-9(2)4-5-16(11,12)7-9/h8,10H,4-7H2,1-3H3. The Morgan fingerprint density at radius 3 is 2.47 bits per heavy atom. The molecule has 6 nitrogen and oxygen atoms in total. The summed E-state index contributed by atoms with van der Waals surface area (Å²) in [7, 11) is -5.21. The third-order valence-corrected chi connectivity index (χ3v) is 6.38. The molecule has 1 saturated heterocycles. The molecule has 0 aliphatic carbocycles. The molecular formula is C9H19NO5S2. The lowest BCUT2D eigenvalue weighted by molar-refractivity contribution is 0.136. The van der Waals surface area contributed by atoms with Crippen LogP contribution in [0, 0.1) is 0 Å². The van der Waals surface area contributed by atoms with Gasteiger partial charge in [0.05, 0.1) is 23.4 Å². The summed E-state index contributed by atoms with van der Waals surface area (Å²) in [6.07, 6.45) is -0.107. The van der Waals surface area contributed by atoms with E-state index in [2.05, 4.69) is 4.72 Å². The average Bonchev–Trinajstić information content (AvgIpc) is 2.37. The van der Waals surface area contributed by atoms with Gasteiger partial charge in [-0.3, -0.25) is 0 Å². The highest BCUT2D eigenvalue weighted by Gasteiger charge is 2.41. The van der Waals surface area contributed by atoms with Crippen LogP contribution in [0.4, 0.5) is 0 Å². The molecule has 0 saturated carbocycles. The predicted octanol–water partition coefficient (Wildman–Crippen LogP) is -0.482. The van der Waals surface area contributed by atoms with Gasteiger partial charge in [-0.05, 0) is 20.3 Å². The zero-order chi connectivity index (χ0) is 13.3. The molecule has 1 aliphatic rings. The SMILES string of the molecule is COC(C)CS(=O)(=O)NC1(C)CCS(=O)(=O)C1. The molecule has 1 rings (SSSR count). The van der Waals surface area contributed by atoms with Crippen molar-refractivity contribution in [2.45, 2.75) is 31.9 Å². The Balaban J connectivity index is 2.72. The molecule has 0 amide bonds. The lowest BCUT2D eigenvalue weighted by Crippen LogP contribution is -2.48. The second-order valence-corrected chi connectivity index (χ2v) is 8.78. The van der Waals surface area contributed by atoms with Gasteiger partial charge in [-0.15, -0.1) is 0 Å². The van der Waals surface area contributed by atoms with Crippen molar-refractivity contribution >= 4 is 19.9 Å². The molecule has 1 N–H and O–H groups in total. The second kappa shape index (κ2) is 4.83. The highest BCUT2D eigenvalue weighted by atomic mass is 32.2. The van der Waals surface area contributed by atoms with Crippen LogP contribution in [-0.4, -0.2) is 52.8 Å². The summed E-state index contributed by atoms with van der Waals surface area (Å²) in [6.45, 7) is 3.26. The van der Waals surface area contributed by atoms with Crippen LogP contribution in [0.5, 0.6) is 0 Å². The van der Waals surface area contributed by atoms with Crippen LogP contribution in [0.1, 0.15) is 20.3 Å². The summed E-state index contributed by atoms with van der Waals surface area (Å²) in [5, 5.41) is 0. The minimum absolute atomic E-state index is 0.0336. The fourth-order valence-electron chi connectivity index (χ4n) is 1.89. The van der Waals surface area contributed by atoms with Crippen molar-refractivity contribution in [1.29, 1.82) is 0 Å². The van der Waals surface area contributed by atoms with Gasteiger partial charge < -0.3 is 4.74 Å². The molecule has 0 aromatic carbocycles. The van der Waals surface area contributed by atoms with Gasteiger partial charge >= 0.3 is 0 Å². The number of methoxy groups -OCH3 is 1. The summed E-state index contributed by atoms with van der Waals surface area (Å²) in [6, 6.07) is 0. The number of sulfonamides is 1. The molecule has 102 valence electrons. The maximum Gasteiger partial charge on any atom is 0.214 e. The van der Waals surface area contributed by atoms with E-state index in [-0.39, 0.29) is 17.3 Å². The number of ether oxygens (including phenoxy) is 1. The highest BCUT2D eigenvalue weighted by Crippen LogP contribution is 2.23. The zero-order valence-corrected chi connectivity index (χ0v) is 11.9. The lowest BCUT2D eigenvalue weighted by Gasteiger charge is -2.24. The first-order chi connectivity index (χ1) is 7.58. The Bertz CT molecular complexity index is 470. The molecule has 0 bridgehead atoms. The summed E-state index contributed by atoms with van der Waals surface area (Å²) in [5.41, 5.74) is -0.884. The topological polar surface area (TPSA) is 89.5 Å². The third-order valence-electron chi connectivity index (χ3n) is 2.76. The number of hydrogen-bond donors (Lipinski definition) is 1. The van der Waals surface area contributed by atoms with E-state index in [1.807, 2.05) is 0 Å². The number of hydrogen-bond acceptors (Lipinski definition) is 5. The molecule has 1 heterocycles. The van der Waals surface area contributed by atoms with Crippen LogP contribution in [0.3, 0.4) is 0 Å². The minimum atomic E-state index is -3.52. The van der Waals surface area contributed by atoms with Crippen LogP contribution in [0.2, 0.25) is 0 Å². The summed E-state index contributed by atoms with van der Waals surface area (Å²) in [4.78, 5) is 0. The predicted molar refractivity (Wildman–Crippen MR) is 65.1 cm³/mol. The number of rotatable bonds is 5. The molecule has 8 heteroatoms. The summed E-state index contributed by atoms with van der Waals surface area (Å²) >= 11 is 0. The van der Waals surface area contributed by atoms with Crippen molar-refractivity contribution in [2.75, 3.05) is 24.4 Å². The first-order valence-corrected chi connectivity index (χ1v) is 8.80. The Morgan fingerprint density at radius 2 is 2.06 bits per heavy atom. The number of nitrogens with one attached hydrogen (secondary N) is 1. The van der Waals surface area contributed by atoms with Crippen molar-refractivity contribution in [3.63, 3.8) is 0 Å². The molecule has 17 heavy (non-hydrogen) atoms. The van der Waals surface area contributed by atoms with Crippen LogP contribution >= 0.6 is 0 Å². The van der Waals surface area contributed by atoms with Crippen molar-refractivity contribution in [3.05, 3.63) is 0 Å². The highest BCUT2D eigenvalue weighted by molar-refractivity contribution is 7.92. The van der Waals surface area contributed by atoms with Gasteiger partial charge in [0, 0.05) is 12.6 Å². The van der Waals surface area contributed by atoms with Gasteiger partial charge in [-0.2, -0.15) is 0 Å². The van der Waals surface area contributed by atoms with Crippen molar-refractivity contribution < 1.29 is 21.6 Å².